The van der Waals surface area contributed by atoms with E-state index in [4.69, 9.17) is 10.2 Å². The van der Waals surface area contributed by atoms with E-state index >= 15 is 0 Å². The van der Waals surface area contributed by atoms with Crippen LogP contribution in [-0.2, 0) is 202 Å². The zero-order chi connectivity index (χ0) is 57.5. The van der Waals surface area contributed by atoms with E-state index < -0.39 is 36.2 Å². The van der Waals surface area contributed by atoms with Gasteiger partial charge in [-0.1, -0.05) is 42.3 Å². The third-order valence-electron chi connectivity index (χ3n) is 4.62. The third kappa shape index (κ3) is 153. The summed E-state index contributed by atoms with van der Waals surface area (Å²) in [5.74, 6) is -1.23. The minimum atomic E-state index is -0.907. The van der Waals surface area contributed by atoms with E-state index in [0.29, 0.717) is 0 Å². The fourth-order valence-corrected chi connectivity index (χ4v) is 0.965. The molecule has 73 heavy (non-hydrogen) atoms. The summed E-state index contributed by atoms with van der Waals surface area (Å²) in [4.78, 5) is 129. The predicted molar refractivity (Wildman–Crippen MR) is 260 cm³/mol. The quantitative estimate of drug-likeness (QED) is 0.228. The maximum absolute atomic E-state index is 10.8. The summed E-state index contributed by atoms with van der Waals surface area (Å²) in [6.45, 7) is 2.83. The van der Waals surface area contributed by atoms with Crippen LogP contribution in [0.15, 0.2) is 0 Å². The van der Waals surface area contributed by atoms with Crippen molar-refractivity contribution in [2.75, 3.05) is 169 Å². The average molecular weight is 1430 g/mol. The number of amides is 14. The van der Waals surface area contributed by atoms with E-state index in [-0.39, 0.29) is 187 Å². The smallest absolute Gasteiger partial charge is 0.406 e. The summed E-state index contributed by atoms with van der Waals surface area (Å²) < 4.78 is 8.19. The Labute approximate surface area is 560 Å². The number of rotatable bonds is 2. The van der Waals surface area contributed by atoms with Crippen molar-refractivity contribution in [3.8, 4) is 0 Å². The van der Waals surface area contributed by atoms with Gasteiger partial charge in [0.25, 0.3) is 0 Å². The molecule has 421 valence electrons. The Balaban J connectivity index is -0.0000000350. The van der Waals surface area contributed by atoms with Gasteiger partial charge in [-0.15, -0.1) is 28.2 Å². The minimum absolute atomic E-state index is 0. The predicted octanol–water partition coefficient (Wildman–Crippen LogP) is 2.76. The average Bonchev–Trinajstić information content (AvgIpc) is 3.28. The second kappa shape index (κ2) is 86.7. The number of urea groups is 2. The number of carbonyl (C=O) groups is 10. The van der Waals surface area contributed by atoms with Crippen LogP contribution >= 0.6 is 0 Å². The van der Waals surface area contributed by atoms with Crippen molar-refractivity contribution in [1.82, 2.24) is 39.2 Å². The van der Waals surface area contributed by atoms with Crippen molar-refractivity contribution in [3.05, 3.63) is 31.9 Å². The molecule has 0 fully saturated rings. The van der Waals surface area contributed by atoms with Crippen molar-refractivity contribution < 1.29 is 241 Å². The molecule has 14 amide bonds. The molecule has 0 saturated carbocycles. The maximum atomic E-state index is 10.8. The Hall–Kier alpha value is -2.04. The van der Waals surface area contributed by atoms with Crippen LogP contribution in [0.3, 0.4) is 0 Å². The van der Waals surface area contributed by atoms with E-state index in [1.165, 1.54) is 128 Å². The Kier molecular flexibility index (Phi) is 136. The molecule has 0 aliphatic heterocycles. The van der Waals surface area contributed by atoms with Gasteiger partial charge in [0.2, 0.25) is 12.2 Å². The molecule has 5 radical (unpaired) electrons. The Bertz CT molecular complexity index is 1250. The van der Waals surface area contributed by atoms with Crippen molar-refractivity contribution in [2.24, 2.45) is 0 Å². The molecule has 2 N–H and O–H groups in total. The number of carboxylic acid groups (broad SMARTS) is 2. The van der Waals surface area contributed by atoms with Gasteiger partial charge in [-0.05, 0) is 42.0 Å². The first-order chi connectivity index (χ1) is 30.8. The van der Waals surface area contributed by atoms with Crippen LogP contribution in [0.1, 0.15) is 13.8 Å². The number of ether oxygens (including phenoxy) is 2. The van der Waals surface area contributed by atoms with Gasteiger partial charge >= 0.3 is 24.0 Å². The summed E-state index contributed by atoms with van der Waals surface area (Å²) in [6.07, 6.45) is 0.343. The molecule has 0 rings (SSSR count). The minimum Gasteiger partial charge on any atom is -0.656 e. The summed E-state index contributed by atoms with van der Waals surface area (Å²) in [5.41, 5.74) is 0. The van der Waals surface area contributed by atoms with E-state index in [9.17, 15) is 57.5 Å². The van der Waals surface area contributed by atoms with Gasteiger partial charge in [0.05, 0.1) is 14.2 Å². The largest absolute Gasteiger partial charge is 0.656 e. The molecule has 0 saturated heterocycles. The number of carbonyl (C=O) groups excluding carboxylic acids is 10. The number of methoxy groups -OCH3 is 2. The Morgan fingerprint density at radius 3 is 0.521 bits per heavy atom. The van der Waals surface area contributed by atoms with Crippen LogP contribution in [0.2, 0.25) is 0 Å². The fourth-order valence-electron chi connectivity index (χ4n) is 0.965. The molecule has 0 aliphatic rings. The van der Waals surface area contributed by atoms with E-state index in [0.717, 1.165) is 9.80 Å². The first-order valence-corrected chi connectivity index (χ1v) is 18.3. The molecule has 0 spiro atoms. The standard InChI is InChI=1S/C6H12N2O2.2C4H10N2O.4C3H7NO2.2C3H6NO.2C3H7NO.5Y/c1-7(2)5(9)6(10)8(3)4;2*1-5-4(7)6(2)3;2*1-4-3(5)6-2;2*1-4(2)3(5)6;2*1-4(2)3-5;2*1-3(5)4-2;;;;;/h1-4H3;2*1-3H3,(H,5,7);2*1-2H3,(H,4,5);2*1-2H3,(H,5,6);2*1-2H3;2*1-2H3,(H,4,5);;;;;/q;;;;;;;2*-1;;;;;;;/p-6. The van der Waals surface area contributed by atoms with Gasteiger partial charge in [0, 0.05) is 232 Å². The van der Waals surface area contributed by atoms with Crippen molar-refractivity contribution in [3.63, 3.8) is 0 Å². The second-order valence-electron chi connectivity index (χ2n) is 12.4. The van der Waals surface area contributed by atoms with Crippen LogP contribution in [0.25, 0.3) is 31.9 Å². The molecule has 0 bridgehead atoms. The van der Waals surface area contributed by atoms with E-state index in [1.807, 2.05) is 0 Å². The molecule has 0 aliphatic carbocycles. The van der Waals surface area contributed by atoms with Gasteiger partial charge in [-0.25, -0.2) is 9.59 Å². The number of hydrogen-bond donors (Lipinski definition) is 2. The molecular formula is C38H80N14O16Y5-8. The van der Waals surface area contributed by atoms with Crippen LogP contribution in [-0.4, -0.2) is 292 Å². The van der Waals surface area contributed by atoms with Gasteiger partial charge in [0.1, 0.15) is 0 Å². The van der Waals surface area contributed by atoms with Crippen molar-refractivity contribution in [2.45, 2.75) is 13.8 Å². The van der Waals surface area contributed by atoms with Crippen LogP contribution in [0.5, 0.6) is 0 Å². The Morgan fingerprint density at radius 1 is 0.356 bits per heavy atom. The number of likely N-dealkylation sites (N-methyl/N-ethyl adjacent to an activating group) is 2. The van der Waals surface area contributed by atoms with Crippen molar-refractivity contribution >= 4 is 72.9 Å². The molecule has 0 aromatic carbocycles. The normalized spacial score (nSPS) is 6.99. The second-order valence-corrected chi connectivity index (χ2v) is 12.4. The molecule has 0 aromatic rings. The molecular weight excluding hydrogens is 1350 g/mol. The zero-order valence-corrected chi connectivity index (χ0v) is 61.9. The van der Waals surface area contributed by atoms with Gasteiger partial charge < -0.3 is 110 Å². The van der Waals surface area contributed by atoms with E-state index in [1.54, 1.807) is 97.4 Å². The molecule has 0 atom stereocenters. The summed E-state index contributed by atoms with van der Waals surface area (Å²) in [7, 11) is 36.5. The fraction of sp³-hybridized carbons (Fsp3) is 0.684. The first kappa shape index (κ1) is 115. The summed E-state index contributed by atoms with van der Waals surface area (Å²) in [5, 5.41) is 35.4. The molecule has 0 heterocycles. The first-order valence-electron chi connectivity index (χ1n) is 18.3. The molecule has 0 aromatic heterocycles. The van der Waals surface area contributed by atoms with Gasteiger partial charge in [-0.3, -0.25) is 28.8 Å². The zero-order valence-electron chi connectivity index (χ0n) is 47.8. The Morgan fingerprint density at radius 2 is 0.507 bits per heavy atom. The van der Waals surface area contributed by atoms with E-state index in [2.05, 4.69) is 41.4 Å². The molecule has 0 unspecified atom stereocenters. The number of nitrogens with zero attached hydrogens (tertiary/aromatic N) is 14. The van der Waals surface area contributed by atoms with Crippen LogP contribution in [0, 0.1) is 0 Å². The van der Waals surface area contributed by atoms with Gasteiger partial charge in [-0.2, -0.15) is 12.8 Å². The van der Waals surface area contributed by atoms with Crippen molar-refractivity contribution in [1.29, 1.82) is 0 Å². The SMILES string of the molecule is CN(C)C(=O)C(=O)N(C)C.CN(C)C(=O)O.CN(C)C(=O)O.CN(C)[C-]=O.CN(C)[C-]=O.C[N-]C(=O)N(C)C.C[N-]C(=O)N(C)C.C[N-]C(=O)OC.C[N-]C(=O)OC.C[N-]C(C)=O.C[N-]C(C)=O.[Y].[Y].[Y].[Y].[Y]. The van der Waals surface area contributed by atoms with Crippen LogP contribution < -0.4 is 0 Å². The third-order valence-corrected chi connectivity index (χ3v) is 4.62. The topological polar surface area (TPSA) is 374 Å². The van der Waals surface area contributed by atoms with Crippen LogP contribution in [0.4, 0.5) is 28.8 Å². The summed E-state index contributed by atoms with van der Waals surface area (Å²) >= 11 is 0. The maximum Gasteiger partial charge on any atom is 0.406 e. The summed E-state index contributed by atoms with van der Waals surface area (Å²) in [6, 6.07) is -0.389. The monoisotopic (exact) mass is 1430 g/mol. The van der Waals surface area contributed by atoms with Gasteiger partial charge in [0.15, 0.2) is 12.1 Å². The molecule has 35 heteroatoms. The molecule has 30 nitrogen and oxygen atoms in total. The number of hydrogen-bond acceptors (Lipinski definition) is 14.